The summed E-state index contributed by atoms with van der Waals surface area (Å²) >= 11 is 0. The largest absolute Gasteiger partial charge is 0.353 e. The first-order valence-electron chi connectivity index (χ1n) is 8.90. The van der Waals surface area contributed by atoms with Gasteiger partial charge in [0.05, 0.1) is 12.2 Å². The van der Waals surface area contributed by atoms with Gasteiger partial charge in [-0.25, -0.2) is 9.50 Å². The molecule has 1 aliphatic rings. The molecule has 0 N–H and O–H groups in total. The Balaban J connectivity index is 1.38. The number of hydrogen-bond acceptors (Lipinski definition) is 5. The number of piperazine rings is 1. The van der Waals surface area contributed by atoms with Gasteiger partial charge < -0.3 is 4.90 Å². The zero-order valence-corrected chi connectivity index (χ0v) is 15.1. The predicted octanol–water partition coefficient (Wildman–Crippen LogP) is 1.75. The van der Waals surface area contributed by atoms with Crippen LogP contribution in [0.25, 0.3) is 5.65 Å². The van der Waals surface area contributed by atoms with Gasteiger partial charge in [-0.1, -0.05) is 0 Å². The SMILES string of the molecule is Cc1cc(C)n(C[C@H](C)N2CCN(c3ccc4nccn4n3)CC2)n1. The summed E-state index contributed by atoms with van der Waals surface area (Å²) in [5.74, 6) is 1.02. The molecule has 0 spiro atoms. The average molecular weight is 339 g/mol. The minimum Gasteiger partial charge on any atom is -0.353 e. The Labute approximate surface area is 147 Å². The minimum atomic E-state index is 0.476. The smallest absolute Gasteiger partial charge is 0.153 e. The number of aromatic nitrogens is 5. The molecule has 0 aromatic carbocycles. The third-order valence-electron chi connectivity index (χ3n) is 5.04. The molecule has 0 amide bonds. The first-order chi connectivity index (χ1) is 12.1. The van der Waals surface area contributed by atoms with Crippen LogP contribution in [0.1, 0.15) is 18.3 Å². The fourth-order valence-corrected chi connectivity index (χ4v) is 3.59. The summed E-state index contributed by atoms with van der Waals surface area (Å²) in [6, 6.07) is 6.71. The molecule has 4 heterocycles. The Kier molecular flexibility index (Phi) is 4.17. The maximum Gasteiger partial charge on any atom is 0.153 e. The van der Waals surface area contributed by atoms with Crippen molar-refractivity contribution in [1.29, 1.82) is 0 Å². The van der Waals surface area contributed by atoms with Crippen molar-refractivity contribution >= 4 is 11.5 Å². The lowest BCUT2D eigenvalue weighted by Gasteiger charge is -2.38. The van der Waals surface area contributed by atoms with Gasteiger partial charge in [0.25, 0.3) is 0 Å². The number of rotatable bonds is 4. The second-order valence-electron chi connectivity index (χ2n) is 6.90. The molecule has 1 atom stereocenters. The number of imidazole rings is 1. The molecule has 0 unspecified atom stereocenters. The van der Waals surface area contributed by atoms with Gasteiger partial charge in [-0.2, -0.15) is 5.10 Å². The molecule has 0 aliphatic carbocycles. The lowest BCUT2D eigenvalue weighted by molar-refractivity contribution is 0.175. The van der Waals surface area contributed by atoms with E-state index in [-0.39, 0.29) is 0 Å². The number of hydrogen-bond donors (Lipinski definition) is 0. The van der Waals surface area contributed by atoms with Gasteiger partial charge in [-0.15, -0.1) is 5.10 Å². The van der Waals surface area contributed by atoms with Gasteiger partial charge in [-0.05, 0) is 39.0 Å². The lowest BCUT2D eigenvalue weighted by atomic mass is 10.2. The van der Waals surface area contributed by atoms with E-state index in [0.29, 0.717) is 6.04 Å². The molecule has 4 rings (SSSR count). The number of fused-ring (bicyclic) bond motifs is 1. The molecule has 7 heteroatoms. The highest BCUT2D eigenvalue weighted by Gasteiger charge is 2.23. The minimum absolute atomic E-state index is 0.476. The van der Waals surface area contributed by atoms with Crippen molar-refractivity contribution in [2.45, 2.75) is 33.4 Å². The average Bonchev–Trinajstić information content (AvgIpc) is 3.20. The summed E-state index contributed by atoms with van der Waals surface area (Å²) < 4.78 is 3.97. The van der Waals surface area contributed by atoms with Crippen molar-refractivity contribution in [3.8, 4) is 0 Å². The number of nitrogens with zero attached hydrogens (tertiary/aromatic N) is 7. The molecule has 3 aromatic rings. The highest BCUT2D eigenvalue weighted by molar-refractivity contribution is 5.46. The first-order valence-corrected chi connectivity index (χ1v) is 8.90. The van der Waals surface area contributed by atoms with Crippen LogP contribution < -0.4 is 4.90 Å². The second-order valence-corrected chi connectivity index (χ2v) is 6.90. The maximum atomic E-state index is 4.66. The summed E-state index contributed by atoms with van der Waals surface area (Å²) in [5, 5.41) is 9.25. The molecule has 3 aromatic heterocycles. The van der Waals surface area contributed by atoms with Crippen LogP contribution in [0, 0.1) is 13.8 Å². The van der Waals surface area contributed by atoms with Crippen molar-refractivity contribution in [3.05, 3.63) is 42.0 Å². The Bertz CT molecular complexity index is 857. The monoisotopic (exact) mass is 339 g/mol. The standard InChI is InChI=1S/C18H25N7/c1-14-12-15(2)25(20-14)13-16(3)22-8-10-23(11-9-22)18-5-4-17-19-6-7-24(17)21-18/h4-7,12,16H,8-11,13H2,1-3H3/t16-/m0/s1. The van der Waals surface area contributed by atoms with E-state index in [1.54, 1.807) is 6.20 Å². The van der Waals surface area contributed by atoms with Gasteiger partial charge in [0, 0.05) is 50.3 Å². The van der Waals surface area contributed by atoms with Crippen LogP contribution in [0.3, 0.4) is 0 Å². The van der Waals surface area contributed by atoms with E-state index in [0.717, 1.165) is 49.9 Å². The predicted molar refractivity (Wildman–Crippen MR) is 97.9 cm³/mol. The summed E-state index contributed by atoms with van der Waals surface area (Å²) in [4.78, 5) is 9.15. The van der Waals surface area contributed by atoms with Gasteiger partial charge >= 0.3 is 0 Å². The summed E-state index contributed by atoms with van der Waals surface area (Å²) in [7, 11) is 0. The molecule has 1 aliphatic heterocycles. The van der Waals surface area contributed by atoms with Crippen LogP contribution in [-0.2, 0) is 6.54 Å². The van der Waals surface area contributed by atoms with Crippen LogP contribution >= 0.6 is 0 Å². The van der Waals surface area contributed by atoms with Gasteiger partial charge in [0.2, 0.25) is 0 Å². The van der Waals surface area contributed by atoms with Crippen molar-refractivity contribution in [3.63, 3.8) is 0 Å². The van der Waals surface area contributed by atoms with Crippen molar-refractivity contribution in [1.82, 2.24) is 29.3 Å². The Morgan fingerprint density at radius 3 is 2.60 bits per heavy atom. The van der Waals surface area contributed by atoms with E-state index in [9.17, 15) is 0 Å². The van der Waals surface area contributed by atoms with Gasteiger partial charge in [0.1, 0.15) is 5.82 Å². The van der Waals surface area contributed by atoms with Crippen molar-refractivity contribution in [2.24, 2.45) is 0 Å². The van der Waals surface area contributed by atoms with E-state index in [2.05, 4.69) is 62.6 Å². The molecule has 25 heavy (non-hydrogen) atoms. The molecule has 132 valence electrons. The van der Waals surface area contributed by atoms with Gasteiger partial charge in [-0.3, -0.25) is 9.58 Å². The molecule has 0 radical (unpaired) electrons. The quantitative estimate of drug-likeness (QED) is 0.725. The molecule has 1 saturated heterocycles. The third-order valence-corrected chi connectivity index (χ3v) is 5.04. The Morgan fingerprint density at radius 1 is 1.08 bits per heavy atom. The van der Waals surface area contributed by atoms with Crippen LogP contribution in [0.4, 0.5) is 5.82 Å². The van der Waals surface area contributed by atoms with Crippen LogP contribution in [0.15, 0.2) is 30.6 Å². The zero-order chi connectivity index (χ0) is 17.4. The molecule has 7 nitrogen and oxygen atoms in total. The number of anilines is 1. The Hall–Kier alpha value is -2.41. The highest BCUT2D eigenvalue weighted by Crippen LogP contribution is 2.16. The lowest BCUT2D eigenvalue weighted by Crippen LogP contribution is -2.51. The van der Waals surface area contributed by atoms with Crippen molar-refractivity contribution in [2.75, 3.05) is 31.1 Å². The normalized spacial score (nSPS) is 17.3. The van der Waals surface area contributed by atoms with Gasteiger partial charge in [0.15, 0.2) is 5.65 Å². The van der Waals surface area contributed by atoms with Crippen LogP contribution in [0.5, 0.6) is 0 Å². The van der Waals surface area contributed by atoms with Crippen LogP contribution in [0.2, 0.25) is 0 Å². The number of aryl methyl sites for hydroxylation is 2. The highest BCUT2D eigenvalue weighted by atomic mass is 15.4. The topological polar surface area (TPSA) is 54.5 Å². The summed E-state index contributed by atoms with van der Waals surface area (Å²) in [6.45, 7) is 11.5. The fraction of sp³-hybridized carbons (Fsp3) is 0.500. The Morgan fingerprint density at radius 2 is 1.88 bits per heavy atom. The van der Waals surface area contributed by atoms with E-state index in [1.165, 1.54) is 5.69 Å². The van der Waals surface area contributed by atoms with E-state index >= 15 is 0 Å². The first kappa shape index (κ1) is 16.1. The molecular weight excluding hydrogens is 314 g/mol. The third kappa shape index (κ3) is 3.24. The molecular formula is C18H25N7. The zero-order valence-electron chi connectivity index (χ0n) is 15.1. The summed E-state index contributed by atoms with van der Waals surface area (Å²) in [6.07, 6.45) is 3.68. The molecule has 0 bridgehead atoms. The van der Waals surface area contributed by atoms with Crippen LogP contribution in [-0.4, -0.2) is 61.5 Å². The summed E-state index contributed by atoms with van der Waals surface area (Å²) in [5.41, 5.74) is 3.22. The van der Waals surface area contributed by atoms with Crippen molar-refractivity contribution < 1.29 is 0 Å². The van der Waals surface area contributed by atoms with E-state index in [4.69, 9.17) is 0 Å². The fourth-order valence-electron chi connectivity index (χ4n) is 3.59. The van der Waals surface area contributed by atoms with E-state index < -0.39 is 0 Å². The maximum absolute atomic E-state index is 4.66. The second kappa shape index (κ2) is 6.48. The van der Waals surface area contributed by atoms with E-state index in [1.807, 2.05) is 16.8 Å². The molecule has 1 fully saturated rings. The molecule has 0 saturated carbocycles.